The van der Waals surface area contributed by atoms with E-state index in [-0.39, 0.29) is 4.90 Å². The molecule has 0 spiro atoms. The van der Waals surface area contributed by atoms with Crippen molar-refractivity contribution in [3.63, 3.8) is 0 Å². The summed E-state index contributed by atoms with van der Waals surface area (Å²) in [7, 11) is -3.66. The summed E-state index contributed by atoms with van der Waals surface area (Å²) in [5.41, 5.74) is 3.40. The van der Waals surface area contributed by atoms with Crippen molar-refractivity contribution in [3.8, 4) is 0 Å². The predicted octanol–water partition coefficient (Wildman–Crippen LogP) is 1.87. The molecule has 4 rings (SSSR count). The third kappa shape index (κ3) is 3.95. The Kier molecular flexibility index (Phi) is 4.93. The lowest BCUT2D eigenvalue weighted by Crippen LogP contribution is -2.18. The van der Waals surface area contributed by atoms with E-state index in [9.17, 15) is 8.42 Å². The van der Waals surface area contributed by atoms with Crippen molar-refractivity contribution in [2.45, 2.75) is 17.7 Å². The second kappa shape index (κ2) is 7.53. The maximum atomic E-state index is 11.3. The summed E-state index contributed by atoms with van der Waals surface area (Å²) in [6, 6.07) is 14.8. The van der Waals surface area contributed by atoms with Gasteiger partial charge in [-0.3, -0.25) is 0 Å². The fourth-order valence-electron chi connectivity index (χ4n) is 3.22. The third-order valence-electron chi connectivity index (χ3n) is 4.65. The number of hydrogen-bond donors (Lipinski definition) is 2. The first-order valence-electron chi connectivity index (χ1n) is 8.91. The Hall–Kier alpha value is -3.04. The lowest BCUT2D eigenvalue weighted by Gasteiger charge is -2.17. The van der Waals surface area contributed by atoms with Crippen LogP contribution < -0.4 is 15.4 Å². The highest BCUT2D eigenvalue weighted by Crippen LogP contribution is 2.32. The van der Waals surface area contributed by atoms with Gasteiger partial charge >= 0.3 is 0 Å². The molecule has 0 radical (unpaired) electrons. The zero-order valence-corrected chi connectivity index (χ0v) is 15.9. The molecule has 9 heteroatoms. The van der Waals surface area contributed by atoms with Gasteiger partial charge in [0.15, 0.2) is 5.82 Å². The number of para-hydroxylation sites is 1. The second-order valence-corrected chi connectivity index (χ2v) is 8.10. The minimum absolute atomic E-state index is 0.111. The van der Waals surface area contributed by atoms with Crippen molar-refractivity contribution in [3.05, 3.63) is 65.9 Å². The molecule has 2 aromatic carbocycles. The van der Waals surface area contributed by atoms with Crippen LogP contribution >= 0.6 is 0 Å². The van der Waals surface area contributed by atoms with Crippen molar-refractivity contribution in [1.29, 1.82) is 0 Å². The van der Waals surface area contributed by atoms with Crippen LogP contribution in [0.25, 0.3) is 0 Å². The quantitative estimate of drug-likeness (QED) is 0.654. The van der Waals surface area contributed by atoms with Gasteiger partial charge in [0.05, 0.1) is 11.1 Å². The molecule has 0 aliphatic carbocycles. The van der Waals surface area contributed by atoms with Gasteiger partial charge in [0.2, 0.25) is 10.0 Å². The van der Waals surface area contributed by atoms with Gasteiger partial charge in [0.25, 0.3) is 5.95 Å². The summed E-state index contributed by atoms with van der Waals surface area (Å²) in [5, 5.41) is 16.6. The number of rotatable bonds is 6. The summed E-state index contributed by atoms with van der Waals surface area (Å²) < 4.78 is 22.6. The fourth-order valence-corrected chi connectivity index (χ4v) is 3.74. The minimum atomic E-state index is -3.66. The summed E-state index contributed by atoms with van der Waals surface area (Å²) in [5.74, 6) is 1.22. The maximum absolute atomic E-state index is 11.3. The third-order valence-corrected chi connectivity index (χ3v) is 5.58. The molecule has 28 heavy (non-hydrogen) atoms. The topological polar surface area (TPSA) is 114 Å². The molecule has 3 aromatic rings. The van der Waals surface area contributed by atoms with Crippen LogP contribution in [0, 0.1) is 0 Å². The number of fused-ring (bicyclic) bond motifs is 1. The van der Waals surface area contributed by atoms with Gasteiger partial charge in [-0.1, -0.05) is 30.3 Å². The van der Waals surface area contributed by atoms with Gasteiger partial charge in [-0.2, -0.15) is 10.1 Å². The molecular formula is C19H20N6O2S. The van der Waals surface area contributed by atoms with Crippen LogP contribution in [-0.2, 0) is 22.9 Å². The van der Waals surface area contributed by atoms with Gasteiger partial charge in [0.1, 0.15) is 0 Å². The largest absolute Gasteiger partial charge is 0.368 e. The van der Waals surface area contributed by atoms with E-state index in [0.717, 1.165) is 24.2 Å². The number of nitrogens with zero attached hydrogens (tertiary/aromatic N) is 4. The number of aromatic nitrogens is 3. The Morgan fingerprint density at radius 3 is 2.68 bits per heavy atom. The Morgan fingerprint density at radius 1 is 1.11 bits per heavy atom. The van der Waals surface area contributed by atoms with Crippen molar-refractivity contribution in [2.75, 3.05) is 23.3 Å². The average Bonchev–Trinajstić information content (AvgIpc) is 3.12. The van der Waals surface area contributed by atoms with Gasteiger partial charge in [-0.05, 0) is 42.2 Å². The van der Waals surface area contributed by atoms with Gasteiger partial charge in [-0.25, -0.2) is 13.6 Å². The first-order chi connectivity index (χ1) is 13.5. The average molecular weight is 396 g/mol. The summed E-state index contributed by atoms with van der Waals surface area (Å²) in [6.45, 7) is 1.46. The molecule has 1 aliphatic rings. The highest BCUT2D eigenvalue weighted by molar-refractivity contribution is 7.89. The summed E-state index contributed by atoms with van der Waals surface area (Å²) in [6.07, 6.45) is 3.26. The number of sulfonamides is 1. The maximum Gasteiger partial charge on any atom is 0.251 e. The molecule has 0 unspecified atom stereocenters. The normalized spacial score (nSPS) is 13.4. The molecule has 0 atom stereocenters. The van der Waals surface area contributed by atoms with E-state index in [4.69, 9.17) is 5.14 Å². The van der Waals surface area contributed by atoms with Crippen LogP contribution in [0.5, 0.6) is 0 Å². The van der Waals surface area contributed by atoms with Crippen molar-refractivity contribution in [1.82, 2.24) is 15.2 Å². The van der Waals surface area contributed by atoms with E-state index < -0.39 is 10.0 Å². The van der Waals surface area contributed by atoms with Gasteiger partial charge in [-0.15, -0.1) is 5.10 Å². The molecule has 144 valence electrons. The fraction of sp³-hybridized carbons (Fsp3) is 0.211. The highest BCUT2D eigenvalue weighted by Gasteiger charge is 2.22. The number of hydrogen-bond acceptors (Lipinski definition) is 7. The van der Waals surface area contributed by atoms with Crippen LogP contribution in [0.2, 0.25) is 0 Å². The van der Waals surface area contributed by atoms with E-state index >= 15 is 0 Å². The van der Waals surface area contributed by atoms with Gasteiger partial charge in [0, 0.05) is 18.8 Å². The first-order valence-corrected chi connectivity index (χ1v) is 10.5. The summed E-state index contributed by atoms with van der Waals surface area (Å²) >= 11 is 0. The van der Waals surface area contributed by atoms with E-state index in [2.05, 4.69) is 37.5 Å². The molecule has 2 heterocycles. The number of nitrogens with two attached hydrogens (primary N) is 1. The molecular weight excluding hydrogens is 376 g/mol. The molecule has 0 fully saturated rings. The Balaban J connectivity index is 1.39. The Bertz CT molecular complexity index is 1090. The minimum Gasteiger partial charge on any atom is -0.368 e. The molecule has 0 saturated heterocycles. The number of benzene rings is 2. The van der Waals surface area contributed by atoms with Gasteiger partial charge < -0.3 is 10.2 Å². The number of primary sulfonamides is 1. The number of anilines is 3. The van der Waals surface area contributed by atoms with Crippen LogP contribution in [0.4, 0.5) is 17.5 Å². The molecule has 1 aliphatic heterocycles. The van der Waals surface area contributed by atoms with E-state index in [1.165, 1.54) is 17.7 Å². The molecule has 0 amide bonds. The van der Waals surface area contributed by atoms with E-state index in [1.54, 1.807) is 18.3 Å². The van der Waals surface area contributed by atoms with Crippen LogP contribution in [0.1, 0.15) is 11.1 Å². The lowest BCUT2D eigenvalue weighted by atomic mass is 10.1. The zero-order chi connectivity index (χ0) is 19.6. The number of nitrogens with one attached hydrogen (secondary N) is 1. The zero-order valence-electron chi connectivity index (χ0n) is 15.1. The Labute approximate surface area is 163 Å². The first kappa shape index (κ1) is 18.3. The molecule has 0 bridgehead atoms. The van der Waals surface area contributed by atoms with Crippen molar-refractivity contribution in [2.24, 2.45) is 5.14 Å². The smallest absolute Gasteiger partial charge is 0.251 e. The highest BCUT2D eigenvalue weighted by atomic mass is 32.2. The van der Waals surface area contributed by atoms with Crippen LogP contribution in [0.15, 0.2) is 59.6 Å². The SMILES string of the molecule is NS(=O)(=O)c1ccc(CCNc2cnnc(N3CCc4ccccc43)n2)cc1. The van der Waals surface area contributed by atoms with E-state index in [0.29, 0.717) is 24.7 Å². The van der Waals surface area contributed by atoms with Crippen molar-refractivity contribution >= 4 is 27.5 Å². The summed E-state index contributed by atoms with van der Waals surface area (Å²) in [4.78, 5) is 6.76. The second-order valence-electron chi connectivity index (χ2n) is 6.54. The molecule has 1 aromatic heterocycles. The van der Waals surface area contributed by atoms with Crippen molar-refractivity contribution < 1.29 is 8.42 Å². The van der Waals surface area contributed by atoms with Crippen LogP contribution in [-0.4, -0.2) is 36.7 Å². The molecule has 3 N–H and O–H groups in total. The molecule has 0 saturated carbocycles. The van der Waals surface area contributed by atoms with Crippen LogP contribution in [0.3, 0.4) is 0 Å². The standard InChI is InChI=1S/C19H20N6O2S/c20-28(26,27)16-7-5-14(6-8-16)9-11-21-18-13-22-24-19(23-18)25-12-10-15-3-1-2-4-17(15)25/h1-8,13H,9-12H2,(H2,20,26,27)(H,21,23,24). The van der Waals surface area contributed by atoms with E-state index in [1.807, 2.05) is 12.1 Å². The molecule has 8 nitrogen and oxygen atoms in total. The monoisotopic (exact) mass is 396 g/mol. The Morgan fingerprint density at radius 2 is 1.89 bits per heavy atom. The lowest BCUT2D eigenvalue weighted by molar-refractivity contribution is 0.598. The predicted molar refractivity (Wildman–Crippen MR) is 107 cm³/mol.